The van der Waals surface area contributed by atoms with Gasteiger partial charge in [0, 0.05) is 17.6 Å². The number of nitrogens with one attached hydrogen (secondary N) is 2. The quantitative estimate of drug-likeness (QED) is 0.701. The van der Waals surface area contributed by atoms with Crippen molar-refractivity contribution in [3.63, 3.8) is 0 Å². The second-order valence-corrected chi connectivity index (χ2v) is 8.69. The van der Waals surface area contributed by atoms with E-state index in [0.29, 0.717) is 6.42 Å². The molecule has 0 saturated heterocycles. The molecule has 2 aromatic carbocycles. The normalized spacial score (nSPS) is 14.3. The van der Waals surface area contributed by atoms with E-state index in [0.717, 1.165) is 5.56 Å². The summed E-state index contributed by atoms with van der Waals surface area (Å²) in [5, 5.41) is 5.44. The number of hydrogen-bond donors (Lipinski definition) is 2. The number of hydrogen-bond acceptors (Lipinski definition) is 4. The molecule has 7 nitrogen and oxygen atoms in total. The van der Waals surface area contributed by atoms with Crippen LogP contribution in [0.1, 0.15) is 64.3 Å². The standard InChI is InChI=1S/C24H27N3O4/c1-15(20(28)26-24(2,3)4)25-21(29)17-10-11-18-19(14-17)23(31)27(22(18)30)13-12-16-8-6-5-7-9-16/h5-11,14-15H,12-13H2,1-4H3,(H,25,29)(H,26,28). The molecule has 0 bridgehead atoms. The highest BCUT2D eigenvalue weighted by molar-refractivity contribution is 6.22. The van der Waals surface area contributed by atoms with Crippen molar-refractivity contribution < 1.29 is 19.2 Å². The van der Waals surface area contributed by atoms with Crippen molar-refractivity contribution in [3.8, 4) is 0 Å². The van der Waals surface area contributed by atoms with Crippen molar-refractivity contribution in [2.45, 2.75) is 45.7 Å². The van der Waals surface area contributed by atoms with E-state index in [1.54, 1.807) is 6.92 Å². The molecule has 1 atom stereocenters. The first-order valence-electron chi connectivity index (χ1n) is 10.2. The molecule has 7 heteroatoms. The smallest absolute Gasteiger partial charge is 0.261 e. The molecule has 1 aliphatic rings. The Hall–Kier alpha value is -3.48. The van der Waals surface area contributed by atoms with E-state index in [9.17, 15) is 19.2 Å². The average Bonchev–Trinajstić information content (AvgIpc) is 2.95. The highest BCUT2D eigenvalue weighted by Crippen LogP contribution is 2.24. The number of benzene rings is 2. The third kappa shape index (κ3) is 5.17. The highest BCUT2D eigenvalue weighted by Gasteiger charge is 2.35. The Labute approximate surface area is 181 Å². The van der Waals surface area contributed by atoms with Crippen LogP contribution in [-0.2, 0) is 11.2 Å². The van der Waals surface area contributed by atoms with E-state index in [1.807, 2.05) is 51.1 Å². The summed E-state index contributed by atoms with van der Waals surface area (Å²) >= 11 is 0. The van der Waals surface area contributed by atoms with Crippen LogP contribution in [0.25, 0.3) is 0 Å². The fourth-order valence-electron chi connectivity index (χ4n) is 3.34. The van der Waals surface area contributed by atoms with Crippen LogP contribution < -0.4 is 10.6 Å². The zero-order valence-electron chi connectivity index (χ0n) is 18.2. The van der Waals surface area contributed by atoms with Gasteiger partial charge in [0.05, 0.1) is 11.1 Å². The van der Waals surface area contributed by atoms with Crippen molar-refractivity contribution >= 4 is 23.6 Å². The highest BCUT2D eigenvalue weighted by atomic mass is 16.2. The van der Waals surface area contributed by atoms with Gasteiger partial charge in [-0.15, -0.1) is 0 Å². The molecule has 0 aromatic heterocycles. The Bertz CT molecular complexity index is 1020. The molecule has 1 heterocycles. The van der Waals surface area contributed by atoms with Gasteiger partial charge < -0.3 is 10.6 Å². The fourth-order valence-corrected chi connectivity index (χ4v) is 3.34. The second-order valence-electron chi connectivity index (χ2n) is 8.69. The van der Waals surface area contributed by atoms with Gasteiger partial charge in [-0.2, -0.15) is 0 Å². The van der Waals surface area contributed by atoms with Crippen LogP contribution in [0.2, 0.25) is 0 Å². The van der Waals surface area contributed by atoms with Crippen LogP contribution >= 0.6 is 0 Å². The third-order valence-corrected chi connectivity index (χ3v) is 4.94. The Morgan fingerprint density at radius 2 is 1.61 bits per heavy atom. The first-order chi connectivity index (χ1) is 14.6. The summed E-state index contributed by atoms with van der Waals surface area (Å²) in [5.74, 6) is -1.56. The molecule has 31 heavy (non-hydrogen) atoms. The van der Waals surface area contributed by atoms with Crippen molar-refractivity contribution in [2.24, 2.45) is 0 Å². The predicted molar refractivity (Wildman–Crippen MR) is 117 cm³/mol. The van der Waals surface area contributed by atoms with E-state index in [-0.39, 0.29) is 35.0 Å². The van der Waals surface area contributed by atoms with Crippen LogP contribution in [-0.4, -0.2) is 46.7 Å². The van der Waals surface area contributed by atoms with E-state index in [4.69, 9.17) is 0 Å². The summed E-state index contributed by atoms with van der Waals surface area (Å²) < 4.78 is 0. The van der Waals surface area contributed by atoms with E-state index in [1.165, 1.54) is 23.1 Å². The van der Waals surface area contributed by atoms with Crippen molar-refractivity contribution in [1.82, 2.24) is 15.5 Å². The predicted octanol–water partition coefficient (Wildman–Crippen LogP) is 2.56. The van der Waals surface area contributed by atoms with Crippen LogP contribution in [0, 0.1) is 0 Å². The Morgan fingerprint density at radius 1 is 0.968 bits per heavy atom. The van der Waals surface area contributed by atoms with E-state index < -0.39 is 23.4 Å². The molecule has 4 amide bonds. The van der Waals surface area contributed by atoms with Crippen LogP contribution in [0.15, 0.2) is 48.5 Å². The Morgan fingerprint density at radius 3 is 2.26 bits per heavy atom. The number of carbonyl (C=O) groups excluding carboxylic acids is 4. The molecule has 0 fully saturated rings. The first-order valence-corrected chi connectivity index (χ1v) is 10.2. The zero-order chi connectivity index (χ0) is 22.8. The molecule has 3 rings (SSSR count). The summed E-state index contributed by atoms with van der Waals surface area (Å²) in [6.45, 7) is 7.42. The maximum Gasteiger partial charge on any atom is 0.261 e. The van der Waals surface area contributed by atoms with Crippen molar-refractivity contribution in [3.05, 3.63) is 70.8 Å². The lowest BCUT2D eigenvalue weighted by molar-refractivity contribution is -0.124. The van der Waals surface area contributed by atoms with Gasteiger partial charge in [-0.05, 0) is 57.9 Å². The van der Waals surface area contributed by atoms with Crippen LogP contribution in [0.5, 0.6) is 0 Å². The lowest BCUT2D eigenvalue weighted by Gasteiger charge is -2.23. The SMILES string of the molecule is CC(NC(=O)c1ccc2c(c1)C(=O)N(CCc1ccccc1)C2=O)C(=O)NC(C)(C)C. The topological polar surface area (TPSA) is 95.6 Å². The number of rotatable bonds is 6. The van der Waals surface area contributed by atoms with E-state index >= 15 is 0 Å². The molecule has 0 aliphatic carbocycles. The Kier molecular flexibility index (Phi) is 6.24. The van der Waals surface area contributed by atoms with Crippen molar-refractivity contribution in [2.75, 3.05) is 6.54 Å². The molecule has 2 N–H and O–H groups in total. The molecular weight excluding hydrogens is 394 g/mol. The van der Waals surface area contributed by atoms with Gasteiger partial charge in [0.2, 0.25) is 5.91 Å². The average molecular weight is 421 g/mol. The van der Waals surface area contributed by atoms with Gasteiger partial charge in [0.25, 0.3) is 17.7 Å². The molecule has 0 spiro atoms. The second kappa shape index (κ2) is 8.71. The summed E-state index contributed by atoms with van der Waals surface area (Å²) in [4.78, 5) is 51.5. The lowest BCUT2D eigenvalue weighted by atomic mass is 10.0. The minimum atomic E-state index is -0.750. The lowest BCUT2D eigenvalue weighted by Crippen LogP contribution is -2.50. The van der Waals surface area contributed by atoms with Gasteiger partial charge in [-0.1, -0.05) is 30.3 Å². The number of carbonyl (C=O) groups is 4. The number of fused-ring (bicyclic) bond motifs is 1. The minimum Gasteiger partial charge on any atom is -0.350 e. The minimum absolute atomic E-state index is 0.206. The first kappa shape index (κ1) is 22.2. The monoisotopic (exact) mass is 421 g/mol. The van der Waals surface area contributed by atoms with Gasteiger partial charge in [0.15, 0.2) is 0 Å². The fraction of sp³-hybridized carbons (Fsp3) is 0.333. The zero-order valence-corrected chi connectivity index (χ0v) is 18.2. The number of imide groups is 1. The number of amides is 4. The molecule has 1 unspecified atom stereocenters. The number of nitrogens with zero attached hydrogens (tertiary/aromatic N) is 1. The molecule has 1 aliphatic heterocycles. The van der Waals surface area contributed by atoms with Gasteiger partial charge in [0.1, 0.15) is 6.04 Å². The largest absolute Gasteiger partial charge is 0.350 e. The Balaban J connectivity index is 1.69. The molecule has 2 aromatic rings. The summed E-state index contributed by atoms with van der Waals surface area (Å²) in [5.41, 5.74) is 1.33. The maximum absolute atomic E-state index is 12.8. The summed E-state index contributed by atoms with van der Waals surface area (Å²) in [6, 6.07) is 13.3. The van der Waals surface area contributed by atoms with Gasteiger partial charge in [-0.3, -0.25) is 24.1 Å². The van der Waals surface area contributed by atoms with Crippen LogP contribution in [0.3, 0.4) is 0 Å². The summed E-state index contributed by atoms with van der Waals surface area (Å²) in [6.07, 6.45) is 0.556. The summed E-state index contributed by atoms with van der Waals surface area (Å²) in [7, 11) is 0. The van der Waals surface area contributed by atoms with Gasteiger partial charge in [-0.25, -0.2) is 0 Å². The maximum atomic E-state index is 12.8. The third-order valence-electron chi connectivity index (χ3n) is 4.94. The molecule has 162 valence electrons. The van der Waals surface area contributed by atoms with Gasteiger partial charge >= 0.3 is 0 Å². The van der Waals surface area contributed by atoms with Crippen LogP contribution in [0.4, 0.5) is 0 Å². The van der Waals surface area contributed by atoms with Crippen molar-refractivity contribution in [1.29, 1.82) is 0 Å². The molecular formula is C24H27N3O4. The van der Waals surface area contributed by atoms with E-state index in [2.05, 4.69) is 10.6 Å². The molecule has 0 radical (unpaired) electrons. The molecule has 0 saturated carbocycles.